The fourth-order valence-electron chi connectivity index (χ4n) is 3.03. The van der Waals surface area contributed by atoms with E-state index in [0.29, 0.717) is 12.0 Å². The van der Waals surface area contributed by atoms with Crippen LogP contribution in [0.3, 0.4) is 0 Å². The van der Waals surface area contributed by atoms with Crippen LogP contribution in [0.1, 0.15) is 52.4 Å². The molecular weight excluding hydrogens is 228 g/mol. The molecule has 0 spiro atoms. The second-order valence-corrected chi connectivity index (χ2v) is 6.90. The van der Waals surface area contributed by atoms with Gasteiger partial charge in [0.05, 0.1) is 11.6 Å². The van der Waals surface area contributed by atoms with Crippen LogP contribution in [0.2, 0.25) is 0 Å². The minimum atomic E-state index is -0.692. The average molecular weight is 254 g/mol. The smallest absolute Gasteiger partial charge is 0.239 e. The van der Waals surface area contributed by atoms with E-state index in [4.69, 9.17) is 5.73 Å². The van der Waals surface area contributed by atoms with Crippen molar-refractivity contribution in [3.8, 4) is 0 Å². The van der Waals surface area contributed by atoms with Gasteiger partial charge in [-0.1, -0.05) is 13.8 Å². The topological polar surface area (TPSA) is 66.6 Å². The van der Waals surface area contributed by atoms with Gasteiger partial charge in [-0.05, 0) is 43.9 Å². The minimum Gasteiger partial charge on any atom is -0.388 e. The van der Waals surface area contributed by atoms with Gasteiger partial charge in [0.1, 0.15) is 0 Å². The fraction of sp³-hybridized carbons (Fsp3) is 0.929. The summed E-state index contributed by atoms with van der Waals surface area (Å²) >= 11 is 0. The van der Waals surface area contributed by atoms with Gasteiger partial charge in [-0.25, -0.2) is 0 Å². The first-order valence-corrected chi connectivity index (χ1v) is 7.08. The van der Waals surface area contributed by atoms with Crippen molar-refractivity contribution in [1.82, 2.24) is 4.90 Å². The molecule has 4 nitrogen and oxygen atoms in total. The van der Waals surface area contributed by atoms with Crippen molar-refractivity contribution in [3.05, 3.63) is 0 Å². The molecule has 0 aromatic carbocycles. The summed E-state index contributed by atoms with van der Waals surface area (Å²) in [6.07, 6.45) is 5.36. The lowest BCUT2D eigenvalue weighted by atomic mass is 9.71. The van der Waals surface area contributed by atoms with E-state index in [-0.39, 0.29) is 11.9 Å². The molecule has 1 aliphatic carbocycles. The molecule has 2 rings (SSSR count). The third-order valence-corrected chi connectivity index (χ3v) is 4.59. The predicted octanol–water partition coefficient (Wildman–Crippen LogP) is 1.27. The lowest BCUT2D eigenvalue weighted by Gasteiger charge is -2.43. The molecule has 0 aromatic rings. The Balaban J connectivity index is 1.94. The Morgan fingerprint density at radius 3 is 2.56 bits per heavy atom. The molecule has 0 radical (unpaired) electrons. The molecule has 1 unspecified atom stereocenters. The van der Waals surface area contributed by atoms with Gasteiger partial charge in [-0.3, -0.25) is 4.79 Å². The third kappa shape index (κ3) is 3.04. The molecule has 1 saturated heterocycles. The van der Waals surface area contributed by atoms with Gasteiger partial charge in [0.25, 0.3) is 0 Å². The largest absolute Gasteiger partial charge is 0.388 e. The maximum absolute atomic E-state index is 12.0. The molecule has 0 bridgehead atoms. The number of hydrogen-bond donors (Lipinski definition) is 2. The first-order chi connectivity index (χ1) is 8.31. The normalized spacial score (nSPS) is 31.4. The highest BCUT2D eigenvalue weighted by Crippen LogP contribution is 2.40. The summed E-state index contributed by atoms with van der Waals surface area (Å²) in [5, 5.41) is 10.6. The zero-order valence-electron chi connectivity index (χ0n) is 11.6. The molecular formula is C14H26N2O2. The zero-order chi connectivity index (χ0) is 13.4. The molecule has 2 fully saturated rings. The number of amides is 1. The number of β-amino-alcohol motifs (C(OH)–C–C–N with tert-alkyl or cyclic N) is 1. The number of aliphatic hydroxyl groups is 1. The van der Waals surface area contributed by atoms with Gasteiger partial charge in [-0.2, -0.15) is 0 Å². The van der Waals surface area contributed by atoms with Crippen molar-refractivity contribution in [3.63, 3.8) is 0 Å². The third-order valence-electron chi connectivity index (χ3n) is 4.59. The van der Waals surface area contributed by atoms with E-state index in [9.17, 15) is 9.90 Å². The molecule has 1 heterocycles. The molecule has 2 aliphatic rings. The van der Waals surface area contributed by atoms with Crippen LogP contribution in [-0.4, -0.2) is 40.6 Å². The van der Waals surface area contributed by atoms with Gasteiger partial charge in [-0.15, -0.1) is 0 Å². The summed E-state index contributed by atoms with van der Waals surface area (Å²) in [6, 6.07) is -0.359. The van der Waals surface area contributed by atoms with Crippen LogP contribution in [-0.2, 0) is 4.79 Å². The van der Waals surface area contributed by atoms with Crippen molar-refractivity contribution in [2.24, 2.45) is 11.1 Å². The summed E-state index contributed by atoms with van der Waals surface area (Å²) in [4.78, 5) is 13.7. The number of likely N-dealkylation sites (tertiary alicyclic amines) is 1. The maximum Gasteiger partial charge on any atom is 0.239 e. The molecule has 1 aliphatic heterocycles. The van der Waals surface area contributed by atoms with Gasteiger partial charge in [0, 0.05) is 13.1 Å². The first-order valence-electron chi connectivity index (χ1n) is 7.08. The van der Waals surface area contributed by atoms with E-state index in [2.05, 4.69) is 13.8 Å². The Labute approximate surface area is 110 Å². The lowest BCUT2D eigenvalue weighted by molar-refractivity contribution is -0.140. The van der Waals surface area contributed by atoms with Crippen LogP contribution in [0.4, 0.5) is 0 Å². The molecule has 1 atom stereocenters. The molecule has 18 heavy (non-hydrogen) atoms. The van der Waals surface area contributed by atoms with E-state index >= 15 is 0 Å². The molecule has 3 N–H and O–H groups in total. The Morgan fingerprint density at radius 1 is 1.33 bits per heavy atom. The van der Waals surface area contributed by atoms with Gasteiger partial charge in [0.2, 0.25) is 5.91 Å². The molecule has 4 heteroatoms. The average Bonchev–Trinajstić information content (AvgIpc) is 2.30. The van der Waals surface area contributed by atoms with Crippen LogP contribution in [0, 0.1) is 5.41 Å². The lowest BCUT2D eigenvalue weighted by Crippen LogP contribution is -2.55. The number of rotatable bonds is 2. The quantitative estimate of drug-likeness (QED) is 0.780. The van der Waals surface area contributed by atoms with Crippen molar-refractivity contribution < 1.29 is 9.90 Å². The van der Waals surface area contributed by atoms with Crippen LogP contribution in [0.5, 0.6) is 0 Å². The van der Waals surface area contributed by atoms with Crippen LogP contribution in [0.15, 0.2) is 0 Å². The Hall–Kier alpha value is -0.610. The predicted molar refractivity (Wildman–Crippen MR) is 71.0 cm³/mol. The highest BCUT2D eigenvalue weighted by atomic mass is 16.3. The SMILES string of the molecule is CC1(C)CCC(O)(CN2CCCC(N)C2=O)CC1. The van der Waals surface area contributed by atoms with Crippen LogP contribution >= 0.6 is 0 Å². The zero-order valence-corrected chi connectivity index (χ0v) is 11.6. The highest BCUT2D eigenvalue weighted by Gasteiger charge is 2.39. The maximum atomic E-state index is 12.0. The van der Waals surface area contributed by atoms with E-state index in [1.54, 1.807) is 4.90 Å². The van der Waals surface area contributed by atoms with Gasteiger partial charge in [0.15, 0.2) is 0 Å². The monoisotopic (exact) mass is 254 g/mol. The Bertz CT molecular complexity index is 318. The van der Waals surface area contributed by atoms with Crippen molar-refractivity contribution in [2.75, 3.05) is 13.1 Å². The van der Waals surface area contributed by atoms with E-state index in [0.717, 1.165) is 45.1 Å². The van der Waals surface area contributed by atoms with E-state index in [1.165, 1.54) is 0 Å². The first kappa shape index (κ1) is 13.8. The van der Waals surface area contributed by atoms with Gasteiger partial charge < -0.3 is 15.7 Å². The highest BCUT2D eigenvalue weighted by molar-refractivity contribution is 5.82. The summed E-state index contributed by atoms with van der Waals surface area (Å²) in [5.74, 6) is 0.0134. The van der Waals surface area contributed by atoms with Crippen molar-refractivity contribution >= 4 is 5.91 Å². The van der Waals surface area contributed by atoms with Gasteiger partial charge >= 0.3 is 0 Å². The standard InChI is InChI=1S/C14H26N2O2/c1-13(2)5-7-14(18,8-6-13)10-16-9-3-4-11(15)12(16)17/h11,18H,3-10,15H2,1-2H3. The number of carbonyl (C=O) groups is 1. The number of nitrogens with zero attached hydrogens (tertiary/aromatic N) is 1. The Morgan fingerprint density at radius 2 is 1.94 bits per heavy atom. The minimum absolute atomic E-state index is 0.0134. The van der Waals surface area contributed by atoms with Crippen LogP contribution in [0.25, 0.3) is 0 Å². The Kier molecular flexibility index (Phi) is 3.70. The number of hydrogen-bond acceptors (Lipinski definition) is 3. The number of carbonyl (C=O) groups excluding carboxylic acids is 1. The fourth-order valence-corrected chi connectivity index (χ4v) is 3.03. The van der Waals surface area contributed by atoms with Crippen LogP contribution < -0.4 is 5.73 Å². The molecule has 104 valence electrons. The van der Waals surface area contributed by atoms with E-state index in [1.807, 2.05) is 0 Å². The summed E-state index contributed by atoms with van der Waals surface area (Å²) < 4.78 is 0. The summed E-state index contributed by atoms with van der Waals surface area (Å²) in [7, 11) is 0. The molecule has 1 saturated carbocycles. The summed E-state index contributed by atoms with van der Waals surface area (Å²) in [5.41, 5.74) is 5.42. The molecule has 1 amide bonds. The number of piperidine rings is 1. The van der Waals surface area contributed by atoms with Crippen molar-refractivity contribution in [1.29, 1.82) is 0 Å². The number of nitrogens with two attached hydrogens (primary N) is 1. The van der Waals surface area contributed by atoms with Crippen molar-refractivity contribution in [2.45, 2.75) is 64.0 Å². The molecule has 0 aromatic heterocycles. The second kappa shape index (κ2) is 4.82. The summed E-state index contributed by atoms with van der Waals surface area (Å²) in [6.45, 7) is 5.71. The van der Waals surface area contributed by atoms with E-state index < -0.39 is 5.60 Å². The second-order valence-electron chi connectivity index (χ2n) is 6.90.